The highest BCUT2D eigenvalue weighted by molar-refractivity contribution is 5.73. The molecule has 22 heteroatoms. The molecule has 2 amide bonds. The predicted molar refractivity (Wildman–Crippen MR) is 156 cm³/mol. The van der Waals surface area contributed by atoms with E-state index in [1.165, 1.54) is 6.92 Å². The molecule has 22 nitrogen and oxygen atoms in total. The van der Waals surface area contributed by atoms with Crippen molar-refractivity contribution in [2.24, 2.45) is 0 Å². The van der Waals surface area contributed by atoms with Crippen molar-refractivity contribution in [2.45, 2.75) is 143 Å². The Kier molecular flexibility index (Phi) is 14.2. The first-order valence-electron chi connectivity index (χ1n) is 15.9. The van der Waals surface area contributed by atoms with E-state index in [0.29, 0.717) is 0 Å². The average molecular weight is 733 g/mol. The third-order valence-electron chi connectivity index (χ3n) is 8.97. The largest absolute Gasteiger partial charge is 0.394 e. The van der Waals surface area contributed by atoms with Crippen molar-refractivity contribution in [2.75, 3.05) is 19.8 Å². The number of nitrogens with one attached hydrogen (secondary N) is 2. The first kappa shape index (κ1) is 41.0. The van der Waals surface area contributed by atoms with Gasteiger partial charge in [0.2, 0.25) is 11.8 Å². The van der Waals surface area contributed by atoms with Crippen molar-refractivity contribution in [3.63, 3.8) is 0 Å². The monoisotopic (exact) mass is 732 g/mol. The number of amides is 2. The van der Waals surface area contributed by atoms with Crippen molar-refractivity contribution in [3.8, 4) is 0 Å². The molecule has 4 saturated heterocycles. The normalized spacial score (nSPS) is 48.5. The first-order chi connectivity index (χ1) is 23.5. The highest BCUT2D eigenvalue weighted by Gasteiger charge is 2.56. The van der Waals surface area contributed by atoms with Crippen molar-refractivity contribution >= 4 is 11.8 Å². The van der Waals surface area contributed by atoms with Gasteiger partial charge in [0.1, 0.15) is 91.4 Å². The average Bonchev–Trinajstić information content (AvgIpc) is 3.07. The Balaban J connectivity index is 1.76. The van der Waals surface area contributed by atoms with Gasteiger partial charge in [0.15, 0.2) is 25.2 Å². The summed E-state index contributed by atoms with van der Waals surface area (Å²) >= 11 is 0. The van der Waals surface area contributed by atoms with Crippen molar-refractivity contribution in [1.82, 2.24) is 10.6 Å². The molecule has 0 aromatic heterocycles. The van der Waals surface area contributed by atoms with Crippen LogP contribution in [0.3, 0.4) is 0 Å². The quantitative estimate of drug-likeness (QED) is 0.0938. The molecule has 0 saturated carbocycles. The van der Waals surface area contributed by atoms with E-state index in [2.05, 4.69) is 10.6 Å². The van der Waals surface area contributed by atoms with Gasteiger partial charge in [-0.3, -0.25) is 9.59 Å². The van der Waals surface area contributed by atoms with Crippen LogP contribution in [0.5, 0.6) is 0 Å². The van der Waals surface area contributed by atoms with Crippen LogP contribution in [0.2, 0.25) is 0 Å². The molecule has 13 N–H and O–H groups in total. The molecule has 0 aromatic rings. The van der Waals surface area contributed by atoms with Crippen LogP contribution in [0, 0.1) is 0 Å². The summed E-state index contributed by atoms with van der Waals surface area (Å²) in [6.45, 7) is 0.947. The molecule has 0 aliphatic carbocycles. The lowest BCUT2D eigenvalue weighted by Gasteiger charge is -2.51. The summed E-state index contributed by atoms with van der Waals surface area (Å²) in [7, 11) is 0. The Bertz CT molecular complexity index is 1120. The molecule has 4 aliphatic rings. The Morgan fingerprint density at radius 2 is 0.980 bits per heavy atom. The summed E-state index contributed by atoms with van der Waals surface area (Å²) in [5.74, 6) is -1.45. The molecule has 4 rings (SSSR count). The molecule has 290 valence electrons. The second-order valence-corrected chi connectivity index (χ2v) is 12.6. The lowest BCUT2D eigenvalue weighted by atomic mass is 9.93. The molecule has 4 aliphatic heterocycles. The molecule has 0 radical (unpaired) electrons. The van der Waals surface area contributed by atoms with Crippen LogP contribution in [0.4, 0.5) is 0 Å². The fraction of sp³-hybridized carbons (Fsp3) is 0.929. The van der Waals surface area contributed by atoms with E-state index in [0.717, 1.165) is 13.8 Å². The molecule has 0 unspecified atom stereocenters. The first-order valence-corrected chi connectivity index (χ1v) is 15.9. The number of hydrogen-bond donors (Lipinski definition) is 13. The molecule has 0 aromatic carbocycles. The van der Waals surface area contributed by atoms with Crippen molar-refractivity contribution in [3.05, 3.63) is 0 Å². The molecule has 4 heterocycles. The number of aliphatic hydroxyl groups is 11. The van der Waals surface area contributed by atoms with Crippen molar-refractivity contribution < 1.29 is 98.9 Å². The third kappa shape index (κ3) is 8.70. The molecule has 4 fully saturated rings. The number of carbonyl (C=O) groups is 2. The molecule has 20 atom stereocenters. The highest BCUT2D eigenvalue weighted by atomic mass is 16.8. The fourth-order valence-corrected chi connectivity index (χ4v) is 6.29. The van der Waals surface area contributed by atoms with Crippen LogP contribution >= 0.6 is 0 Å². The molecule has 50 heavy (non-hydrogen) atoms. The Morgan fingerprint density at radius 1 is 0.520 bits per heavy atom. The maximum absolute atomic E-state index is 12.6. The van der Waals surface area contributed by atoms with Crippen LogP contribution in [-0.4, -0.2) is 211 Å². The Labute approximate surface area is 285 Å². The van der Waals surface area contributed by atoms with Gasteiger partial charge in [-0.15, -0.1) is 0 Å². The fourth-order valence-electron chi connectivity index (χ4n) is 6.29. The lowest BCUT2D eigenvalue weighted by molar-refractivity contribution is -0.381. The van der Waals surface area contributed by atoms with Crippen LogP contribution in [0.1, 0.15) is 20.8 Å². The van der Waals surface area contributed by atoms with Gasteiger partial charge in [-0.05, 0) is 6.92 Å². The van der Waals surface area contributed by atoms with Gasteiger partial charge < -0.3 is 100.0 Å². The maximum atomic E-state index is 12.6. The van der Waals surface area contributed by atoms with E-state index < -0.39 is 154 Å². The number of rotatable bonds is 11. The van der Waals surface area contributed by atoms with Gasteiger partial charge in [0.25, 0.3) is 0 Å². The maximum Gasteiger partial charge on any atom is 0.217 e. The SMILES string of the molecule is CC(=O)N[C@@H]1[C@@H](O[C@@H]2O[C@H](CO)[C@@H](O[C@@H]3O[C@H](CO)[C@H](O)[C@H](O)[C@H]3O)[C@H](O[C@@H]3O[C@@H](C)[C@@H](O)[C@@H](O)[C@@H]3O)[C@H]2NC(C)=O)[C@@H](O)[C@@H](CO)O[C@@H]1O. The van der Waals surface area contributed by atoms with Crippen LogP contribution < -0.4 is 10.6 Å². The standard InChI is InChI=1S/C28H48N2O20/c1-7-15(36)18(39)20(41)27(44-7)50-24-14(30-9(3)35)26(49-23-13(29-8(2)34)25(43)45-11(5-32)17(23)38)47-12(6-33)22(24)48-28-21(42)19(40)16(37)10(4-31)46-28/h7,10-28,31-33,36-43H,4-6H2,1-3H3,(H,29,34)(H,30,35)/t7-,10+,11+,12+,13+,14+,15+,16-,17-,18+,19-,20-,21+,22+,23+,24+,25-,26-,27-,28-/m0/s1. The minimum absolute atomic E-state index is 0.690. The minimum atomic E-state index is -1.97. The Hall–Kier alpha value is -1.78. The minimum Gasteiger partial charge on any atom is -0.394 e. The van der Waals surface area contributed by atoms with E-state index >= 15 is 0 Å². The smallest absolute Gasteiger partial charge is 0.217 e. The Morgan fingerprint density at radius 3 is 1.54 bits per heavy atom. The van der Waals surface area contributed by atoms with Gasteiger partial charge in [-0.1, -0.05) is 0 Å². The molecular formula is C28H48N2O20. The molecule has 0 spiro atoms. The predicted octanol–water partition coefficient (Wildman–Crippen LogP) is -8.43. The summed E-state index contributed by atoms with van der Waals surface area (Å²) in [4.78, 5) is 24.6. The number of ether oxygens (including phenoxy) is 7. The van der Waals surface area contributed by atoms with Gasteiger partial charge >= 0.3 is 0 Å². The second kappa shape index (κ2) is 17.4. The molecule has 0 bridgehead atoms. The van der Waals surface area contributed by atoms with Gasteiger partial charge in [0, 0.05) is 13.8 Å². The van der Waals surface area contributed by atoms with Crippen LogP contribution in [0.25, 0.3) is 0 Å². The van der Waals surface area contributed by atoms with E-state index in [4.69, 9.17) is 33.2 Å². The number of aliphatic hydroxyl groups excluding tert-OH is 11. The van der Waals surface area contributed by atoms with Gasteiger partial charge in [-0.2, -0.15) is 0 Å². The highest BCUT2D eigenvalue weighted by Crippen LogP contribution is 2.35. The lowest BCUT2D eigenvalue weighted by Crippen LogP contribution is -2.71. The number of hydrogen-bond acceptors (Lipinski definition) is 20. The van der Waals surface area contributed by atoms with Crippen LogP contribution in [-0.2, 0) is 42.7 Å². The van der Waals surface area contributed by atoms with E-state index in [1.807, 2.05) is 0 Å². The summed E-state index contributed by atoms with van der Waals surface area (Å²) in [5, 5.41) is 119. The zero-order valence-corrected chi connectivity index (χ0v) is 27.3. The molecular weight excluding hydrogens is 684 g/mol. The van der Waals surface area contributed by atoms with E-state index in [-0.39, 0.29) is 0 Å². The van der Waals surface area contributed by atoms with Crippen molar-refractivity contribution in [1.29, 1.82) is 0 Å². The third-order valence-corrected chi connectivity index (χ3v) is 8.97. The van der Waals surface area contributed by atoms with E-state index in [1.54, 1.807) is 0 Å². The zero-order valence-electron chi connectivity index (χ0n) is 27.3. The zero-order chi connectivity index (χ0) is 37.2. The van der Waals surface area contributed by atoms with E-state index in [9.17, 15) is 65.8 Å². The summed E-state index contributed by atoms with van der Waals surface area (Å²) in [6, 6.07) is -3.11. The summed E-state index contributed by atoms with van der Waals surface area (Å²) in [5.41, 5.74) is 0. The van der Waals surface area contributed by atoms with Gasteiger partial charge in [-0.25, -0.2) is 0 Å². The summed E-state index contributed by atoms with van der Waals surface area (Å²) in [6.07, 6.45) is -30.6. The summed E-state index contributed by atoms with van der Waals surface area (Å²) < 4.78 is 40.3. The van der Waals surface area contributed by atoms with Gasteiger partial charge in [0.05, 0.1) is 25.9 Å². The number of carbonyl (C=O) groups excluding carboxylic acids is 2. The van der Waals surface area contributed by atoms with Crippen LogP contribution in [0.15, 0.2) is 0 Å². The topological polar surface area (TPSA) is 345 Å². The second-order valence-electron chi connectivity index (χ2n) is 12.6.